The Balaban J connectivity index is 1.60. The Morgan fingerprint density at radius 3 is 2.81 bits per heavy atom. The predicted molar refractivity (Wildman–Crippen MR) is 108 cm³/mol. The van der Waals surface area contributed by atoms with Crippen molar-refractivity contribution in [2.24, 2.45) is 0 Å². The second-order valence-corrected chi connectivity index (χ2v) is 9.05. The van der Waals surface area contributed by atoms with Gasteiger partial charge in [0.25, 0.3) is 6.43 Å². The number of morpholine rings is 1. The summed E-state index contributed by atoms with van der Waals surface area (Å²) in [4.78, 5) is 14.7. The molecular formula is C18H21F2N7O3S. The van der Waals surface area contributed by atoms with Gasteiger partial charge in [-0.3, -0.25) is 0 Å². The molecule has 0 aromatic carbocycles. The van der Waals surface area contributed by atoms with Gasteiger partial charge in [0.2, 0.25) is 10.0 Å². The third kappa shape index (κ3) is 4.78. The molecule has 31 heavy (non-hydrogen) atoms. The SMILES string of the molecule is CC(NS(C)(=O)=O)[C@H]1CN(c2cc(-c3cnc4ccc(C(F)F)nn34)ncn2)CCO1. The van der Waals surface area contributed by atoms with Crippen molar-refractivity contribution < 1.29 is 21.9 Å². The van der Waals surface area contributed by atoms with E-state index >= 15 is 0 Å². The molecule has 2 atom stereocenters. The topological polar surface area (TPSA) is 115 Å². The minimum absolute atomic E-state index is 0.357. The fourth-order valence-electron chi connectivity index (χ4n) is 3.44. The van der Waals surface area contributed by atoms with Gasteiger partial charge in [0.15, 0.2) is 5.65 Å². The van der Waals surface area contributed by atoms with Crippen LogP contribution in [-0.2, 0) is 14.8 Å². The van der Waals surface area contributed by atoms with Gasteiger partial charge in [0.1, 0.15) is 23.5 Å². The van der Waals surface area contributed by atoms with Crippen molar-refractivity contribution in [2.75, 3.05) is 30.9 Å². The van der Waals surface area contributed by atoms with E-state index in [-0.39, 0.29) is 11.8 Å². The second-order valence-electron chi connectivity index (χ2n) is 7.27. The number of nitrogens with zero attached hydrogens (tertiary/aromatic N) is 6. The van der Waals surface area contributed by atoms with Gasteiger partial charge in [-0.25, -0.2) is 41.4 Å². The fraction of sp³-hybridized carbons (Fsp3) is 0.444. The molecule has 1 unspecified atom stereocenters. The lowest BCUT2D eigenvalue weighted by Gasteiger charge is -2.36. The molecule has 0 spiro atoms. The van der Waals surface area contributed by atoms with Crippen LogP contribution in [0.3, 0.4) is 0 Å². The summed E-state index contributed by atoms with van der Waals surface area (Å²) in [7, 11) is -3.37. The van der Waals surface area contributed by atoms with E-state index in [1.165, 1.54) is 29.2 Å². The number of sulfonamides is 1. The molecule has 0 amide bonds. The largest absolute Gasteiger partial charge is 0.373 e. The number of halogens is 2. The lowest BCUT2D eigenvalue weighted by Crippen LogP contribution is -2.52. The maximum absolute atomic E-state index is 13.1. The van der Waals surface area contributed by atoms with Gasteiger partial charge in [-0.1, -0.05) is 0 Å². The van der Waals surface area contributed by atoms with E-state index in [2.05, 4.69) is 24.8 Å². The van der Waals surface area contributed by atoms with Gasteiger partial charge < -0.3 is 9.64 Å². The molecule has 1 fully saturated rings. The zero-order valence-corrected chi connectivity index (χ0v) is 17.6. The molecule has 3 aromatic rings. The molecule has 166 valence electrons. The Bertz CT molecular complexity index is 1190. The van der Waals surface area contributed by atoms with Crippen LogP contribution in [0, 0.1) is 0 Å². The van der Waals surface area contributed by atoms with Crippen LogP contribution in [0.4, 0.5) is 14.6 Å². The van der Waals surface area contributed by atoms with Crippen LogP contribution >= 0.6 is 0 Å². The zero-order valence-electron chi connectivity index (χ0n) is 16.8. The van der Waals surface area contributed by atoms with E-state index in [1.54, 1.807) is 13.0 Å². The summed E-state index contributed by atoms with van der Waals surface area (Å²) >= 11 is 0. The van der Waals surface area contributed by atoms with Gasteiger partial charge in [0, 0.05) is 25.2 Å². The van der Waals surface area contributed by atoms with Crippen molar-refractivity contribution in [1.29, 1.82) is 0 Å². The Morgan fingerprint density at radius 1 is 1.26 bits per heavy atom. The van der Waals surface area contributed by atoms with Crippen molar-refractivity contribution in [2.45, 2.75) is 25.5 Å². The van der Waals surface area contributed by atoms with Crippen LogP contribution in [0.15, 0.2) is 30.7 Å². The molecule has 4 heterocycles. The number of nitrogens with one attached hydrogen (secondary N) is 1. The molecule has 0 bridgehead atoms. The average molecular weight is 453 g/mol. The molecule has 0 saturated carbocycles. The summed E-state index contributed by atoms with van der Waals surface area (Å²) < 4.78 is 58.8. The number of alkyl halides is 2. The van der Waals surface area contributed by atoms with Crippen LogP contribution in [-0.4, -0.2) is 71.1 Å². The van der Waals surface area contributed by atoms with Crippen molar-refractivity contribution in [3.8, 4) is 11.4 Å². The minimum Gasteiger partial charge on any atom is -0.373 e. The van der Waals surface area contributed by atoms with Crippen molar-refractivity contribution in [3.05, 3.63) is 36.4 Å². The number of ether oxygens (including phenoxy) is 1. The van der Waals surface area contributed by atoms with Crippen molar-refractivity contribution in [1.82, 2.24) is 29.3 Å². The van der Waals surface area contributed by atoms with E-state index in [0.29, 0.717) is 42.5 Å². The molecule has 1 saturated heterocycles. The number of anilines is 1. The first-order chi connectivity index (χ1) is 14.7. The molecule has 13 heteroatoms. The lowest BCUT2D eigenvalue weighted by atomic mass is 10.1. The summed E-state index contributed by atoms with van der Waals surface area (Å²) in [5.41, 5.74) is 0.996. The molecule has 4 rings (SSSR count). The van der Waals surface area contributed by atoms with Crippen LogP contribution in [0.1, 0.15) is 19.0 Å². The summed E-state index contributed by atoms with van der Waals surface area (Å²) in [6.07, 6.45) is 0.930. The lowest BCUT2D eigenvalue weighted by molar-refractivity contribution is 0.0239. The monoisotopic (exact) mass is 453 g/mol. The van der Waals surface area contributed by atoms with Crippen molar-refractivity contribution in [3.63, 3.8) is 0 Å². The van der Waals surface area contributed by atoms with E-state index in [1.807, 2.05) is 4.90 Å². The summed E-state index contributed by atoms with van der Waals surface area (Å²) in [6, 6.07) is 4.01. The number of hydrogen-bond acceptors (Lipinski definition) is 8. The number of fused-ring (bicyclic) bond motifs is 1. The summed E-state index contributed by atoms with van der Waals surface area (Å²) in [6.45, 7) is 3.11. The third-order valence-electron chi connectivity index (χ3n) is 4.90. The Hall–Kier alpha value is -2.77. The molecule has 3 aromatic heterocycles. The third-order valence-corrected chi connectivity index (χ3v) is 5.70. The number of rotatable bonds is 6. The predicted octanol–water partition coefficient (Wildman–Crippen LogP) is 1.27. The summed E-state index contributed by atoms with van der Waals surface area (Å²) in [5.74, 6) is 0.602. The average Bonchev–Trinajstić information content (AvgIpc) is 3.16. The molecule has 0 aliphatic carbocycles. The van der Waals surface area contributed by atoms with Gasteiger partial charge in [-0.2, -0.15) is 5.10 Å². The minimum atomic E-state index is -3.37. The number of hydrogen-bond donors (Lipinski definition) is 1. The highest BCUT2D eigenvalue weighted by Crippen LogP contribution is 2.24. The normalized spacial score (nSPS) is 18.6. The van der Waals surface area contributed by atoms with Crippen molar-refractivity contribution >= 4 is 21.5 Å². The molecule has 1 aliphatic rings. The fourth-order valence-corrected chi connectivity index (χ4v) is 4.27. The maximum Gasteiger partial charge on any atom is 0.282 e. The first kappa shape index (κ1) is 21.5. The highest BCUT2D eigenvalue weighted by Gasteiger charge is 2.28. The number of aromatic nitrogens is 5. The van der Waals surface area contributed by atoms with E-state index in [0.717, 1.165) is 6.26 Å². The smallest absolute Gasteiger partial charge is 0.282 e. The number of imidazole rings is 1. The Labute approximate surface area is 177 Å². The van der Waals surface area contributed by atoms with Crippen LogP contribution in [0.5, 0.6) is 0 Å². The van der Waals surface area contributed by atoms with Gasteiger partial charge in [-0.15, -0.1) is 0 Å². The van der Waals surface area contributed by atoms with Crippen LogP contribution < -0.4 is 9.62 Å². The summed E-state index contributed by atoms with van der Waals surface area (Å²) in [5, 5.41) is 3.97. The standard InChI is InChI=1S/C18H21F2N7O3S/c1-11(25-31(2,28)29)15-9-26(5-6-30-15)17-7-13(22-10-23-17)14-8-21-16-4-3-12(18(19)20)24-27(14)16/h3-4,7-8,10-11,15,18,25H,5-6,9H2,1-2H3/t11?,15-/m1/s1. The Kier molecular flexibility index (Phi) is 5.81. The molecule has 0 radical (unpaired) electrons. The molecule has 1 N–H and O–H groups in total. The molecule has 1 aliphatic heterocycles. The highest BCUT2D eigenvalue weighted by molar-refractivity contribution is 7.88. The van der Waals surface area contributed by atoms with E-state index < -0.39 is 22.5 Å². The van der Waals surface area contributed by atoms with Crippen LogP contribution in [0.2, 0.25) is 0 Å². The van der Waals surface area contributed by atoms with E-state index in [9.17, 15) is 17.2 Å². The molecular weight excluding hydrogens is 432 g/mol. The van der Waals surface area contributed by atoms with Crippen LogP contribution in [0.25, 0.3) is 17.0 Å². The maximum atomic E-state index is 13.1. The Morgan fingerprint density at radius 2 is 2.06 bits per heavy atom. The highest BCUT2D eigenvalue weighted by atomic mass is 32.2. The zero-order chi connectivity index (χ0) is 22.2. The van der Waals surface area contributed by atoms with Gasteiger partial charge in [-0.05, 0) is 19.1 Å². The first-order valence-corrected chi connectivity index (χ1v) is 11.4. The second kappa shape index (κ2) is 8.40. The molecule has 10 nitrogen and oxygen atoms in total. The quantitative estimate of drug-likeness (QED) is 0.594. The van der Waals surface area contributed by atoms with Gasteiger partial charge >= 0.3 is 0 Å². The first-order valence-electron chi connectivity index (χ1n) is 9.50. The van der Waals surface area contributed by atoms with E-state index in [4.69, 9.17) is 4.74 Å². The van der Waals surface area contributed by atoms with Gasteiger partial charge in [0.05, 0.1) is 30.9 Å².